The molecule has 0 radical (unpaired) electrons. The van der Waals surface area contributed by atoms with Crippen LogP contribution in [0, 0.1) is 0 Å². The van der Waals surface area contributed by atoms with Crippen LogP contribution in [-0.2, 0) is 15.7 Å². The minimum absolute atomic E-state index is 0.0468. The van der Waals surface area contributed by atoms with Gasteiger partial charge in [-0.2, -0.15) is 0 Å². The maximum atomic E-state index is 12.6. The summed E-state index contributed by atoms with van der Waals surface area (Å²) in [4.78, 5) is 20.3. The van der Waals surface area contributed by atoms with Gasteiger partial charge in [0.1, 0.15) is 17.2 Å². The standard InChI is InChI=1S/C22H28BN3O4S/c1-20(2)12-14-17(18(27)25-20)31-19(24-14)26-9-10-28-16-8-7-13(11-15(16)26)23-29-21(3,4)22(5,6)30-23/h7-8,11H,9-10,12H2,1-6H3,(H,25,27). The van der Waals surface area contributed by atoms with Gasteiger partial charge in [-0.05, 0) is 59.1 Å². The highest BCUT2D eigenvalue weighted by molar-refractivity contribution is 7.17. The van der Waals surface area contributed by atoms with Crippen LogP contribution in [0.5, 0.6) is 5.75 Å². The van der Waals surface area contributed by atoms with Gasteiger partial charge in [0.05, 0.1) is 29.1 Å². The van der Waals surface area contributed by atoms with Gasteiger partial charge in [-0.1, -0.05) is 17.4 Å². The number of nitrogens with one attached hydrogen (secondary N) is 1. The Hall–Kier alpha value is -2.10. The van der Waals surface area contributed by atoms with Gasteiger partial charge in [-0.3, -0.25) is 4.79 Å². The molecule has 3 aliphatic rings. The lowest BCUT2D eigenvalue weighted by Crippen LogP contribution is -2.48. The number of hydrogen-bond donors (Lipinski definition) is 1. The summed E-state index contributed by atoms with van der Waals surface area (Å²) in [6, 6.07) is 6.01. The molecule has 31 heavy (non-hydrogen) atoms. The Morgan fingerprint density at radius 1 is 1.13 bits per heavy atom. The van der Waals surface area contributed by atoms with Crippen LogP contribution in [-0.4, -0.2) is 47.9 Å². The van der Waals surface area contributed by atoms with Crippen LogP contribution < -0.4 is 20.4 Å². The third-order valence-corrected chi connectivity index (χ3v) is 7.68. The highest BCUT2D eigenvalue weighted by Crippen LogP contribution is 2.41. The Kier molecular flexibility index (Phi) is 4.49. The SMILES string of the molecule is CC1(C)Cc2nc(N3CCOc4ccc(B5OC(C)(C)C(C)(C)O5)cc43)sc2C(=O)N1. The van der Waals surface area contributed by atoms with Crippen molar-refractivity contribution in [1.82, 2.24) is 10.3 Å². The van der Waals surface area contributed by atoms with Gasteiger partial charge in [0, 0.05) is 12.0 Å². The number of aromatic nitrogens is 1. The molecule has 0 unspecified atom stereocenters. The summed E-state index contributed by atoms with van der Waals surface area (Å²) in [6.45, 7) is 13.5. The lowest BCUT2D eigenvalue weighted by molar-refractivity contribution is 0.00578. The first kappa shape index (κ1) is 20.8. The van der Waals surface area contributed by atoms with Gasteiger partial charge in [-0.15, -0.1) is 0 Å². The number of amides is 1. The normalized spacial score (nSPS) is 23.1. The molecule has 1 N–H and O–H groups in total. The Morgan fingerprint density at radius 2 is 1.84 bits per heavy atom. The number of thiazole rings is 1. The van der Waals surface area contributed by atoms with Gasteiger partial charge in [-0.25, -0.2) is 4.98 Å². The number of carbonyl (C=O) groups excluding carboxylic acids is 1. The zero-order valence-electron chi connectivity index (χ0n) is 18.9. The second-order valence-electron chi connectivity index (χ2n) is 10.1. The molecule has 0 bridgehead atoms. The van der Waals surface area contributed by atoms with Crippen molar-refractivity contribution in [3.05, 3.63) is 28.8 Å². The van der Waals surface area contributed by atoms with Crippen LogP contribution in [0.3, 0.4) is 0 Å². The summed E-state index contributed by atoms with van der Waals surface area (Å²) in [7, 11) is -0.449. The molecule has 3 aliphatic heterocycles. The zero-order valence-corrected chi connectivity index (χ0v) is 19.7. The number of fused-ring (bicyclic) bond motifs is 2. The van der Waals surface area contributed by atoms with Gasteiger partial charge in [0.2, 0.25) is 0 Å². The lowest BCUT2D eigenvalue weighted by atomic mass is 9.78. The summed E-state index contributed by atoms with van der Waals surface area (Å²) in [6.07, 6.45) is 0.718. The maximum Gasteiger partial charge on any atom is 0.494 e. The molecule has 7 nitrogen and oxygen atoms in total. The van der Waals surface area contributed by atoms with E-state index < -0.39 is 18.3 Å². The Labute approximate surface area is 187 Å². The molecular formula is C22H28BN3O4S. The fraction of sp³-hybridized carbons (Fsp3) is 0.545. The minimum Gasteiger partial charge on any atom is -0.490 e. The van der Waals surface area contributed by atoms with Crippen molar-refractivity contribution in [3.8, 4) is 5.75 Å². The van der Waals surface area contributed by atoms with E-state index in [1.54, 1.807) is 0 Å². The van der Waals surface area contributed by atoms with Crippen molar-refractivity contribution >= 4 is 40.6 Å². The van der Waals surface area contributed by atoms with Crippen LogP contribution >= 0.6 is 11.3 Å². The quantitative estimate of drug-likeness (QED) is 0.723. The topological polar surface area (TPSA) is 72.9 Å². The maximum absolute atomic E-state index is 12.6. The molecule has 1 aromatic heterocycles. The average Bonchev–Trinajstić information content (AvgIpc) is 3.17. The van der Waals surface area contributed by atoms with Crippen molar-refractivity contribution in [2.45, 2.75) is 64.7 Å². The van der Waals surface area contributed by atoms with Crippen molar-refractivity contribution in [2.75, 3.05) is 18.1 Å². The van der Waals surface area contributed by atoms with Crippen molar-refractivity contribution in [2.24, 2.45) is 0 Å². The van der Waals surface area contributed by atoms with Gasteiger partial charge < -0.3 is 24.3 Å². The molecule has 1 fully saturated rings. The van der Waals surface area contributed by atoms with E-state index >= 15 is 0 Å². The highest BCUT2D eigenvalue weighted by atomic mass is 32.1. The molecule has 0 saturated carbocycles. The van der Waals surface area contributed by atoms with Crippen LogP contribution in [0.4, 0.5) is 10.8 Å². The second-order valence-corrected chi connectivity index (χ2v) is 11.1. The third kappa shape index (κ3) is 3.43. The fourth-order valence-electron chi connectivity index (χ4n) is 4.14. The highest BCUT2D eigenvalue weighted by Gasteiger charge is 2.52. The molecule has 0 spiro atoms. The van der Waals surface area contributed by atoms with Crippen LogP contribution in [0.1, 0.15) is 56.9 Å². The number of rotatable bonds is 2. The van der Waals surface area contributed by atoms with E-state index in [0.717, 1.165) is 34.1 Å². The van der Waals surface area contributed by atoms with E-state index in [9.17, 15) is 4.79 Å². The molecule has 0 aliphatic carbocycles. The number of anilines is 2. The summed E-state index contributed by atoms with van der Waals surface area (Å²) >= 11 is 1.44. The van der Waals surface area contributed by atoms with Gasteiger partial charge >= 0.3 is 7.12 Å². The fourth-order valence-corrected chi connectivity index (χ4v) is 5.16. The molecule has 4 heterocycles. The van der Waals surface area contributed by atoms with E-state index in [0.29, 0.717) is 18.0 Å². The van der Waals surface area contributed by atoms with Gasteiger partial charge in [0.15, 0.2) is 5.13 Å². The van der Waals surface area contributed by atoms with E-state index in [1.165, 1.54) is 11.3 Å². The molecule has 9 heteroatoms. The van der Waals surface area contributed by atoms with Crippen molar-refractivity contribution in [3.63, 3.8) is 0 Å². The molecular weight excluding hydrogens is 413 g/mol. The number of benzene rings is 1. The molecule has 1 aromatic carbocycles. The number of hydrogen-bond acceptors (Lipinski definition) is 7. The van der Waals surface area contributed by atoms with Gasteiger partial charge in [0.25, 0.3) is 5.91 Å². The smallest absolute Gasteiger partial charge is 0.490 e. The van der Waals surface area contributed by atoms with Crippen LogP contribution in [0.25, 0.3) is 0 Å². The second kappa shape index (κ2) is 6.70. The number of ether oxygens (including phenoxy) is 1. The first-order valence-electron chi connectivity index (χ1n) is 10.7. The molecule has 1 saturated heterocycles. The molecule has 1 amide bonds. The molecule has 164 valence electrons. The van der Waals surface area contributed by atoms with E-state index in [1.807, 2.05) is 53.7 Å². The Morgan fingerprint density at radius 3 is 2.55 bits per heavy atom. The Bertz CT molecular complexity index is 1050. The van der Waals surface area contributed by atoms with Crippen LogP contribution in [0.15, 0.2) is 18.2 Å². The minimum atomic E-state index is -0.449. The first-order chi connectivity index (χ1) is 14.5. The molecule has 5 rings (SSSR count). The van der Waals surface area contributed by atoms with E-state index in [-0.39, 0.29) is 11.4 Å². The van der Waals surface area contributed by atoms with E-state index in [4.69, 9.17) is 19.0 Å². The zero-order chi connectivity index (χ0) is 22.2. The van der Waals surface area contributed by atoms with Crippen molar-refractivity contribution < 1.29 is 18.8 Å². The summed E-state index contributed by atoms with van der Waals surface area (Å²) in [5.41, 5.74) is 1.62. The third-order valence-electron chi connectivity index (χ3n) is 6.56. The molecule has 2 aromatic rings. The summed E-state index contributed by atoms with van der Waals surface area (Å²) in [5.74, 6) is 0.749. The number of nitrogens with zero attached hydrogens (tertiary/aromatic N) is 2. The summed E-state index contributed by atoms with van der Waals surface area (Å²) in [5, 5.41) is 3.88. The number of carbonyl (C=O) groups is 1. The average molecular weight is 441 g/mol. The Balaban J connectivity index is 1.50. The predicted molar refractivity (Wildman–Crippen MR) is 122 cm³/mol. The van der Waals surface area contributed by atoms with E-state index in [2.05, 4.69) is 16.3 Å². The first-order valence-corrected chi connectivity index (χ1v) is 11.5. The predicted octanol–water partition coefficient (Wildman–Crippen LogP) is 3.04. The largest absolute Gasteiger partial charge is 0.494 e. The summed E-state index contributed by atoms with van der Waals surface area (Å²) < 4.78 is 18.4. The van der Waals surface area contributed by atoms with Crippen LogP contribution in [0.2, 0.25) is 0 Å². The lowest BCUT2D eigenvalue weighted by Gasteiger charge is -2.32. The van der Waals surface area contributed by atoms with Crippen molar-refractivity contribution in [1.29, 1.82) is 0 Å². The molecule has 0 atom stereocenters. The monoisotopic (exact) mass is 441 g/mol.